The van der Waals surface area contributed by atoms with Gasteiger partial charge in [0.1, 0.15) is 5.76 Å². The number of carbonyl (C=O) groups is 2. The number of halogens is 1. The topological polar surface area (TPSA) is 71.3 Å². The Balaban J connectivity index is 1.70. The fourth-order valence-electron chi connectivity index (χ4n) is 2.68. The van der Waals surface area contributed by atoms with Gasteiger partial charge in [-0.05, 0) is 37.3 Å². The zero-order valence-electron chi connectivity index (χ0n) is 14.7. The van der Waals surface area contributed by atoms with Crippen LogP contribution >= 0.6 is 11.6 Å². The molecule has 1 unspecified atom stereocenters. The van der Waals surface area contributed by atoms with Crippen molar-refractivity contribution in [1.29, 1.82) is 0 Å². The fourth-order valence-corrected chi connectivity index (χ4v) is 2.85. The van der Waals surface area contributed by atoms with Gasteiger partial charge in [-0.15, -0.1) is 0 Å². The SMILES string of the molecule is CC(NC(=O)CNc1ccc(Cl)cc1C(=O)c1ccccc1)c1ccco1. The molecule has 1 aromatic heterocycles. The average molecular weight is 383 g/mol. The van der Waals surface area contributed by atoms with Crippen molar-refractivity contribution in [2.75, 3.05) is 11.9 Å². The minimum atomic E-state index is -0.245. The molecule has 6 heteroatoms. The monoisotopic (exact) mass is 382 g/mol. The van der Waals surface area contributed by atoms with Crippen LogP contribution in [0.15, 0.2) is 71.3 Å². The van der Waals surface area contributed by atoms with E-state index in [4.69, 9.17) is 16.0 Å². The number of anilines is 1. The number of hydrogen-bond donors (Lipinski definition) is 2. The Morgan fingerprint density at radius 3 is 2.56 bits per heavy atom. The molecule has 27 heavy (non-hydrogen) atoms. The van der Waals surface area contributed by atoms with E-state index in [1.54, 1.807) is 60.9 Å². The van der Waals surface area contributed by atoms with Crippen LogP contribution in [0.25, 0.3) is 0 Å². The second kappa shape index (κ2) is 8.56. The van der Waals surface area contributed by atoms with Crippen molar-refractivity contribution < 1.29 is 14.0 Å². The molecule has 0 aliphatic carbocycles. The van der Waals surface area contributed by atoms with Crippen molar-refractivity contribution in [3.63, 3.8) is 0 Å². The summed E-state index contributed by atoms with van der Waals surface area (Å²) in [6.07, 6.45) is 1.56. The van der Waals surface area contributed by atoms with Crippen molar-refractivity contribution in [3.05, 3.63) is 88.8 Å². The van der Waals surface area contributed by atoms with Crippen LogP contribution in [0, 0.1) is 0 Å². The highest BCUT2D eigenvalue weighted by Crippen LogP contribution is 2.23. The maximum absolute atomic E-state index is 12.8. The molecule has 1 atom stereocenters. The Morgan fingerprint density at radius 1 is 1.07 bits per heavy atom. The Morgan fingerprint density at radius 2 is 1.85 bits per heavy atom. The van der Waals surface area contributed by atoms with Gasteiger partial charge in [-0.25, -0.2) is 0 Å². The molecule has 5 nitrogen and oxygen atoms in total. The highest BCUT2D eigenvalue weighted by Gasteiger charge is 2.16. The lowest BCUT2D eigenvalue weighted by molar-refractivity contribution is -0.120. The van der Waals surface area contributed by atoms with Gasteiger partial charge in [0.25, 0.3) is 0 Å². The summed E-state index contributed by atoms with van der Waals surface area (Å²) in [4.78, 5) is 25.0. The first-order valence-electron chi connectivity index (χ1n) is 8.50. The first-order chi connectivity index (χ1) is 13.0. The van der Waals surface area contributed by atoms with Crippen LogP contribution in [-0.4, -0.2) is 18.2 Å². The maximum atomic E-state index is 12.8. The molecule has 0 fully saturated rings. The predicted octanol–water partition coefficient (Wildman–Crippen LogP) is 4.45. The summed E-state index contributed by atoms with van der Waals surface area (Å²) in [5.41, 5.74) is 1.52. The van der Waals surface area contributed by atoms with Crippen LogP contribution in [0.1, 0.15) is 34.6 Å². The third kappa shape index (κ3) is 4.77. The number of ketones is 1. The molecule has 1 amide bonds. The molecule has 138 valence electrons. The minimum Gasteiger partial charge on any atom is -0.467 e. The van der Waals surface area contributed by atoms with Gasteiger partial charge in [-0.1, -0.05) is 41.9 Å². The number of furan rings is 1. The van der Waals surface area contributed by atoms with Crippen molar-refractivity contribution >= 4 is 29.0 Å². The van der Waals surface area contributed by atoms with Crippen molar-refractivity contribution in [1.82, 2.24) is 5.32 Å². The number of nitrogens with one attached hydrogen (secondary N) is 2. The van der Waals surface area contributed by atoms with Gasteiger partial charge in [0.15, 0.2) is 5.78 Å². The number of rotatable bonds is 7. The second-order valence-corrected chi connectivity index (χ2v) is 6.48. The molecular formula is C21H19ClN2O3. The van der Waals surface area contributed by atoms with E-state index in [-0.39, 0.29) is 24.3 Å². The standard InChI is InChI=1S/C21H19ClN2O3/c1-14(19-8-5-11-27-19)24-20(25)13-23-18-10-9-16(22)12-17(18)21(26)15-6-3-2-4-7-15/h2-12,14,23H,13H2,1H3,(H,24,25). The fraction of sp³-hybridized carbons (Fsp3) is 0.143. The lowest BCUT2D eigenvalue weighted by atomic mass is 10.0. The maximum Gasteiger partial charge on any atom is 0.239 e. The first-order valence-corrected chi connectivity index (χ1v) is 8.88. The summed E-state index contributed by atoms with van der Waals surface area (Å²) in [6.45, 7) is 1.85. The number of amides is 1. The van der Waals surface area contributed by atoms with Crippen molar-refractivity contribution in [3.8, 4) is 0 Å². The lowest BCUT2D eigenvalue weighted by Crippen LogP contribution is -2.32. The smallest absolute Gasteiger partial charge is 0.239 e. The highest BCUT2D eigenvalue weighted by molar-refractivity contribution is 6.31. The molecule has 0 spiro atoms. The first kappa shape index (κ1) is 18.7. The zero-order valence-corrected chi connectivity index (χ0v) is 15.5. The second-order valence-electron chi connectivity index (χ2n) is 6.04. The van der Waals surface area contributed by atoms with E-state index >= 15 is 0 Å². The normalized spacial score (nSPS) is 11.6. The van der Waals surface area contributed by atoms with Gasteiger partial charge in [-0.2, -0.15) is 0 Å². The van der Waals surface area contributed by atoms with E-state index in [2.05, 4.69) is 10.6 Å². The summed E-state index contributed by atoms with van der Waals surface area (Å²) in [7, 11) is 0. The predicted molar refractivity (Wildman–Crippen MR) is 105 cm³/mol. The Labute approximate surface area is 162 Å². The molecular weight excluding hydrogens is 364 g/mol. The van der Waals surface area contributed by atoms with Gasteiger partial charge in [0.05, 0.1) is 18.8 Å². The van der Waals surface area contributed by atoms with Gasteiger partial charge in [0, 0.05) is 21.8 Å². The molecule has 0 radical (unpaired) electrons. The Bertz CT molecular complexity index is 924. The molecule has 3 rings (SSSR count). The van der Waals surface area contributed by atoms with E-state index in [1.807, 2.05) is 13.0 Å². The molecule has 0 saturated carbocycles. The molecule has 0 aliphatic rings. The van der Waals surface area contributed by atoms with Gasteiger partial charge in [-0.3, -0.25) is 9.59 Å². The van der Waals surface area contributed by atoms with E-state index < -0.39 is 0 Å². The van der Waals surface area contributed by atoms with Crippen LogP contribution in [0.2, 0.25) is 5.02 Å². The van der Waals surface area contributed by atoms with Gasteiger partial charge < -0.3 is 15.1 Å². The van der Waals surface area contributed by atoms with Crippen LogP contribution < -0.4 is 10.6 Å². The van der Waals surface area contributed by atoms with Crippen LogP contribution in [0.4, 0.5) is 5.69 Å². The number of benzene rings is 2. The van der Waals surface area contributed by atoms with Crippen molar-refractivity contribution in [2.24, 2.45) is 0 Å². The summed E-state index contributed by atoms with van der Waals surface area (Å²) in [5, 5.41) is 6.31. The molecule has 1 heterocycles. The summed E-state index contributed by atoms with van der Waals surface area (Å²) in [6, 6.07) is 17.2. The molecule has 0 bridgehead atoms. The largest absolute Gasteiger partial charge is 0.467 e. The summed E-state index contributed by atoms with van der Waals surface area (Å²) in [5.74, 6) is 0.298. The zero-order chi connectivity index (χ0) is 19.2. The third-order valence-electron chi connectivity index (χ3n) is 4.05. The molecule has 2 N–H and O–H groups in total. The molecule has 0 aliphatic heterocycles. The van der Waals surface area contributed by atoms with E-state index in [0.29, 0.717) is 27.6 Å². The van der Waals surface area contributed by atoms with Crippen LogP contribution in [-0.2, 0) is 4.79 Å². The molecule has 2 aromatic carbocycles. The summed E-state index contributed by atoms with van der Waals surface area (Å²) < 4.78 is 5.28. The molecule has 0 saturated heterocycles. The average Bonchev–Trinajstić information content (AvgIpc) is 3.22. The van der Waals surface area contributed by atoms with Gasteiger partial charge in [0.2, 0.25) is 5.91 Å². The Hall–Kier alpha value is -3.05. The number of hydrogen-bond acceptors (Lipinski definition) is 4. The minimum absolute atomic E-state index is 0.0156. The quantitative estimate of drug-likeness (QED) is 0.592. The number of carbonyl (C=O) groups excluding carboxylic acids is 2. The van der Waals surface area contributed by atoms with Gasteiger partial charge >= 0.3 is 0 Å². The molecule has 3 aromatic rings. The van der Waals surface area contributed by atoms with E-state index in [1.165, 1.54) is 0 Å². The van der Waals surface area contributed by atoms with Crippen LogP contribution in [0.3, 0.4) is 0 Å². The lowest BCUT2D eigenvalue weighted by Gasteiger charge is -2.14. The third-order valence-corrected chi connectivity index (χ3v) is 4.28. The van der Waals surface area contributed by atoms with Crippen LogP contribution in [0.5, 0.6) is 0 Å². The Kier molecular flexibility index (Phi) is 5.94. The van der Waals surface area contributed by atoms with E-state index in [0.717, 1.165) is 0 Å². The highest BCUT2D eigenvalue weighted by atomic mass is 35.5. The van der Waals surface area contributed by atoms with Crippen molar-refractivity contribution in [2.45, 2.75) is 13.0 Å². The summed E-state index contributed by atoms with van der Waals surface area (Å²) >= 11 is 6.07. The van der Waals surface area contributed by atoms with E-state index in [9.17, 15) is 9.59 Å².